The van der Waals surface area contributed by atoms with E-state index in [9.17, 15) is 18.9 Å². The molecule has 0 radical (unpaired) electrons. The van der Waals surface area contributed by atoms with Crippen molar-refractivity contribution in [2.75, 3.05) is 14.2 Å². The number of rotatable bonds is 7. The van der Waals surface area contributed by atoms with Crippen molar-refractivity contribution in [3.8, 4) is 11.5 Å². The topological polar surface area (TPSA) is 88.8 Å². The minimum atomic E-state index is -0.716. The molecule has 1 aromatic heterocycles. The van der Waals surface area contributed by atoms with Crippen molar-refractivity contribution in [3.05, 3.63) is 99.3 Å². The van der Waals surface area contributed by atoms with Gasteiger partial charge in [0.1, 0.15) is 28.5 Å². The molecule has 0 unspecified atom stereocenters. The van der Waals surface area contributed by atoms with Crippen molar-refractivity contribution >= 4 is 28.4 Å². The largest absolute Gasteiger partial charge is 0.497 e. The van der Waals surface area contributed by atoms with Crippen LogP contribution in [0.4, 0.5) is 10.1 Å². The highest BCUT2D eigenvalue weighted by Crippen LogP contribution is 2.44. The third kappa shape index (κ3) is 4.58. The van der Waals surface area contributed by atoms with E-state index in [1.165, 1.54) is 24.0 Å². The number of carbonyl (C=O) groups is 2. The van der Waals surface area contributed by atoms with Crippen molar-refractivity contribution in [2.24, 2.45) is 0 Å². The molecule has 1 aliphatic rings. The minimum Gasteiger partial charge on any atom is -0.497 e. The lowest BCUT2D eigenvalue weighted by Crippen LogP contribution is -2.18. The average Bonchev–Trinajstić information content (AvgIpc) is 3.21. The Morgan fingerprint density at radius 1 is 1.08 bits per heavy atom. The van der Waals surface area contributed by atoms with E-state index >= 15 is 0 Å². The van der Waals surface area contributed by atoms with Gasteiger partial charge in [-0.15, -0.1) is 0 Å². The van der Waals surface area contributed by atoms with Crippen molar-refractivity contribution < 1.29 is 28.2 Å². The summed E-state index contributed by atoms with van der Waals surface area (Å²) in [5.74, 6) is -0.405. The fourth-order valence-corrected chi connectivity index (χ4v) is 4.63. The molecule has 38 heavy (non-hydrogen) atoms. The molecule has 8 nitrogen and oxygen atoms in total. The number of benzene rings is 3. The number of amides is 2. The van der Waals surface area contributed by atoms with Crippen LogP contribution in [0.25, 0.3) is 10.9 Å². The van der Waals surface area contributed by atoms with Gasteiger partial charge in [0, 0.05) is 18.2 Å². The van der Waals surface area contributed by atoms with Gasteiger partial charge in [-0.2, -0.15) is 0 Å². The minimum absolute atomic E-state index is 0.0884. The Kier molecular flexibility index (Phi) is 6.59. The summed E-state index contributed by atoms with van der Waals surface area (Å²) in [6.45, 7) is 1.47. The number of pyridine rings is 1. The molecule has 0 saturated heterocycles. The van der Waals surface area contributed by atoms with Crippen molar-refractivity contribution in [3.63, 3.8) is 0 Å². The van der Waals surface area contributed by atoms with Crippen LogP contribution in [0.1, 0.15) is 39.5 Å². The van der Waals surface area contributed by atoms with Gasteiger partial charge in [0.05, 0.1) is 37.1 Å². The monoisotopic (exact) mass is 514 g/mol. The number of halogens is 1. The van der Waals surface area contributed by atoms with Gasteiger partial charge in [-0.05, 0) is 53.4 Å². The van der Waals surface area contributed by atoms with Crippen LogP contribution in [0.2, 0.25) is 0 Å². The van der Waals surface area contributed by atoms with E-state index in [1.807, 2.05) is 24.3 Å². The number of aromatic nitrogens is 1. The van der Waals surface area contributed by atoms with Gasteiger partial charge in [0.2, 0.25) is 0 Å². The lowest BCUT2D eigenvalue weighted by molar-refractivity contribution is -0.383. The smallest absolute Gasteiger partial charge is 0.437 e. The molecule has 0 spiro atoms. The lowest BCUT2D eigenvalue weighted by atomic mass is 9.98. The third-order valence-electron chi connectivity index (χ3n) is 6.54. The van der Waals surface area contributed by atoms with Crippen molar-refractivity contribution in [2.45, 2.75) is 26.5 Å². The first kappa shape index (κ1) is 25.0. The number of hydrogen-bond donors (Lipinski definition) is 0. The van der Waals surface area contributed by atoms with Gasteiger partial charge >= 0.3 is 5.91 Å². The first-order valence-corrected chi connectivity index (χ1v) is 12.0. The van der Waals surface area contributed by atoms with E-state index in [0.29, 0.717) is 33.4 Å². The molecule has 0 aliphatic carbocycles. The van der Waals surface area contributed by atoms with E-state index in [4.69, 9.17) is 9.47 Å². The van der Waals surface area contributed by atoms with Crippen LogP contribution in [0.3, 0.4) is 0 Å². The number of hydrogen-bond acceptors (Lipinski definition) is 6. The molecule has 4 aromatic rings. The molecule has 192 valence electrons. The average molecular weight is 515 g/mol. The van der Waals surface area contributed by atoms with E-state index in [1.54, 1.807) is 38.6 Å². The fraction of sp³-hybridized carbons (Fsp3) is 0.207. The van der Waals surface area contributed by atoms with E-state index in [-0.39, 0.29) is 41.9 Å². The summed E-state index contributed by atoms with van der Waals surface area (Å²) in [4.78, 5) is 44.6. The summed E-state index contributed by atoms with van der Waals surface area (Å²) >= 11 is 0. The quantitative estimate of drug-likeness (QED) is 0.319. The number of methoxy groups -OCH3 is 1. The molecule has 2 amide bonds. The second-order valence-electron chi connectivity index (χ2n) is 9.19. The highest BCUT2D eigenvalue weighted by atomic mass is 19.1. The van der Waals surface area contributed by atoms with Gasteiger partial charge in [-0.3, -0.25) is 9.78 Å². The number of carbonyl (C=O) groups excluding carboxylic acids is 2. The summed E-state index contributed by atoms with van der Waals surface area (Å²) in [6, 6.07) is 15.2. The molecule has 5 rings (SSSR count). The maximum absolute atomic E-state index is 13.4. The summed E-state index contributed by atoms with van der Waals surface area (Å²) in [5.41, 5.74) is 3.49. The molecule has 0 saturated carbocycles. The second kappa shape index (κ2) is 10.0. The zero-order valence-electron chi connectivity index (χ0n) is 21.2. The maximum atomic E-state index is 13.4. The van der Waals surface area contributed by atoms with Crippen LogP contribution < -0.4 is 9.47 Å². The van der Waals surface area contributed by atoms with Crippen LogP contribution >= 0.6 is 0 Å². The summed E-state index contributed by atoms with van der Waals surface area (Å²) < 4.78 is 25.1. The fourth-order valence-electron chi connectivity index (χ4n) is 4.63. The molecule has 1 aliphatic heterocycles. The van der Waals surface area contributed by atoms with Gasteiger partial charge in [-0.25, -0.2) is 9.18 Å². The first-order chi connectivity index (χ1) is 18.3. The zero-order valence-corrected chi connectivity index (χ0v) is 21.2. The van der Waals surface area contributed by atoms with Gasteiger partial charge < -0.3 is 14.4 Å². The standard InChI is InChI=1S/C29H25FN3O5/c1-17(34)33(36)27-23-13-20(12-18-4-8-21(30)9-5-18)14-31-26(23)28(25-24(27)15-32(2)29(25)35)38-16-19-6-10-22(37-3)11-7-19/h4-11,13-14H,12,15-16H2,1-3H3/q+1. The van der Waals surface area contributed by atoms with E-state index < -0.39 is 5.91 Å². The molecule has 9 heteroatoms. The SMILES string of the molecule is COc1ccc(COc2c3c(c([N+](=O)C(C)=O)c4cc(Cc5ccc(F)cc5)cnc24)CN(C)C3=O)cc1. The van der Waals surface area contributed by atoms with Crippen molar-refractivity contribution in [1.82, 2.24) is 9.88 Å². The van der Waals surface area contributed by atoms with Crippen LogP contribution in [0, 0.1) is 10.7 Å². The Morgan fingerprint density at radius 3 is 2.42 bits per heavy atom. The number of fused-ring (bicyclic) bond motifs is 2. The Morgan fingerprint density at radius 2 is 1.76 bits per heavy atom. The molecule has 3 aromatic carbocycles. The Balaban J connectivity index is 1.66. The summed E-state index contributed by atoms with van der Waals surface area (Å²) in [6.07, 6.45) is 2.06. The zero-order chi connectivity index (χ0) is 27.0. The summed E-state index contributed by atoms with van der Waals surface area (Å²) in [5, 5.41) is 0.404. The highest BCUT2D eigenvalue weighted by molar-refractivity contribution is 6.10. The molecule has 0 N–H and O–H groups in total. The van der Waals surface area contributed by atoms with Crippen LogP contribution in [-0.4, -0.2) is 40.6 Å². The number of nitrogens with zero attached hydrogens (tertiary/aromatic N) is 3. The van der Waals surface area contributed by atoms with Crippen LogP contribution in [0.15, 0.2) is 60.8 Å². The third-order valence-corrected chi connectivity index (χ3v) is 6.54. The highest BCUT2D eigenvalue weighted by Gasteiger charge is 2.41. The second-order valence-corrected chi connectivity index (χ2v) is 9.19. The molecule has 0 bridgehead atoms. The molecule has 0 fully saturated rings. The first-order valence-electron chi connectivity index (χ1n) is 12.0. The number of ether oxygens (including phenoxy) is 2. The van der Waals surface area contributed by atoms with E-state index in [2.05, 4.69) is 4.98 Å². The maximum Gasteiger partial charge on any atom is 0.437 e. The predicted octanol–water partition coefficient (Wildman–Crippen LogP) is 5.09. The molecular formula is C29H25FN3O5+. The predicted molar refractivity (Wildman–Crippen MR) is 138 cm³/mol. The van der Waals surface area contributed by atoms with Crippen molar-refractivity contribution in [1.29, 1.82) is 0 Å². The molecule has 2 heterocycles. The Labute approximate surface area is 218 Å². The molecular weight excluding hydrogens is 489 g/mol. The Hall–Kier alpha value is -4.66. The molecule has 0 atom stereocenters. The van der Waals surface area contributed by atoms with Crippen LogP contribution in [0.5, 0.6) is 11.5 Å². The summed E-state index contributed by atoms with van der Waals surface area (Å²) in [7, 11) is 3.21. The van der Waals surface area contributed by atoms with Gasteiger partial charge in [-0.1, -0.05) is 24.3 Å². The lowest BCUT2D eigenvalue weighted by Gasteiger charge is -2.14. The van der Waals surface area contributed by atoms with Gasteiger partial charge in [0.15, 0.2) is 5.75 Å². The van der Waals surface area contributed by atoms with Crippen LogP contribution in [-0.2, 0) is 24.4 Å². The van der Waals surface area contributed by atoms with Gasteiger partial charge in [0.25, 0.3) is 11.6 Å². The Bertz CT molecular complexity index is 1580. The number of nitroso groups, excluding NO2 is 1. The normalized spacial score (nSPS) is 12.5. The van der Waals surface area contributed by atoms with E-state index in [0.717, 1.165) is 16.7 Å².